The summed E-state index contributed by atoms with van der Waals surface area (Å²) in [5, 5.41) is 0. The molecule has 4 rings (SSSR count). The van der Waals surface area contributed by atoms with E-state index in [9.17, 15) is 13.2 Å². The van der Waals surface area contributed by atoms with Gasteiger partial charge in [0.1, 0.15) is 10.6 Å². The van der Waals surface area contributed by atoms with Gasteiger partial charge in [-0.2, -0.15) is 8.42 Å². The number of aryl methyl sites for hydroxylation is 2. The minimum absolute atomic E-state index is 0.0876. The van der Waals surface area contributed by atoms with Gasteiger partial charge in [-0.15, -0.1) is 0 Å². The van der Waals surface area contributed by atoms with E-state index in [1.54, 1.807) is 24.3 Å². The maximum atomic E-state index is 13.4. The fraction of sp³-hybridized carbons (Fsp3) is 0.222. The van der Waals surface area contributed by atoms with Gasteiger partial charge < -0.3 is 8.58 Å². The molecule has 0 atom stereocenters. The van der Waals surface area contributed by atoms with Gasteiger partial charge in [-0.3, -0.25) is 4.79 Å². The Morgan fingerprint density at radius 2 is 1.67 bits per heavy atom. The summed E-state index contributed by atoms with van der Waals surface area (Å²) in [6.07, 6.45) is 5.99. The van der Waals surface area contributed by atoms with E-state index in [-0.39, 0.29) is 16.4 Å². The maximum Gasteiger partial charge on any atom is 0.339 e. The molecular formula is C27H27NO4S. The SMILES string of the molecule is CCCCCc1cc2ccccn2c1C(=O)c1ccc(OS(=O)(=O)c2ccc(C)cc2)cc1. The summed E-state index contributed by atoms with van der Waals surface area (Å²) in [5.74, 6) is 0.0657. The van der Waals surface area contributed by atoms with Gasteiger partial charge in [0.05, 0.1) is 5.69 Å². The van der Waals surface area contributed by atoms with Crippen LogP contribution in [0.25, 0.3) is 5.52 Å². The second kappa shape index (κ2) is 9.63. The Bertz CT molecular complexity index is 1370. The summed E-state index contributed by atoms with van der Waals surface area (Å²) in [6.45, 7) is 4.04. The zero-order valence-electron chi connectivity index (χ0n) is 18.8. The number of pyridine rings is 1. The fourth-order valence-electron chi connectivity index (χ4n) is 3.87. The Kier molecular flexibility index (Phi) is 6.65. The predicted octanol–water partition coefficient (Wildman–Crippen LogP) is 5.98. The van der Waals surface area contributed by atoms with Gasteiger partial charge in [-0.1, -0.05) is 43.5 Å². The van der Waals surface area contributed by atoms with Crippen molar-refractivity contribution in [1.82, 2.24) is 4.40 Å². The summed E-state index contributed by atoms with van der Waals surface area (Å²) >= 11 is 0. The van der Waals surface area contributed by atoms with Crippen LogP contribution in [0.3, 0.4) is 0 Å². The molecular weight excluding hydrogens is 434 g/mol. The topological polar surface area (TPSA) is 64.8 Å². The lowest BCUT2D eigenvalue weighted by molar-refractivity contribution is 0.103. The molecule has 2 aromatic heterocycles. The molecule has 170 valence electrons. The number of carbonyl (C=O) groups is 1. The highest BCUT2D eigenvalue weighted by atomic mass is 32.2. The van der Waals surface area contributed by atoms with Crippen LogP contribution in [-0.4, -0.2) is 18.6 Å². The molecule has 0 amide bonds. The molecule has 0 N–H and O–H groups in total. The van der Waals surface area contributed by atoms with Crippen LogP contribution in [0.1, 0.15) is 53.4 Å². The van der Waals surface area contributed by atoms with Crippen LogP contribution in [0.5, 0.6) is 5.75 Å². The van der Waals surface area contributed by atoms with Crippen LogP contribution < -0.4 is 4.18 Å². The molecule has 0 aliphatic heterocycles. The minimum Gasteiger partial charge on any atom is -0.379 e. The molecule has 4 aromatic rings. The third-order valence-corrected chi connectivity index (χ3v) is 6.92. The standard InChI is InChI=1S/C27H27NO4S/c1-3-4-5-8-22-19-23-9-6-7-18-28(23)26(22)27(29)21-12-14-24(15-13-21)32-33(30,31)25-16-10-20(2)11-17-25/h6-7,9-19H,3-5,8H2,1-2H3. The third-order valence-electron chi connectivity index (χ3n) is 5.66. The first-order valence-corrected chi connectivity index (χ1v) is 12.5. The summed E-state index contributed by atoms with van der Waals surface area (Å²) < 4.78 is 32.3. The molecule has 2 heterocycles. The van der Waals surface area contributed by atoms with Crippen molar-refractivity contribution in [2.45, 2.75) is 44.4 Å². The highest BCUT2D eigenvalue weighted by molar-refractivity contribution is 7.87. The van der Waals surface area contributed by atoms with E-state index in [1.165, 1.54) is 24.3 Å². The predicted molar refractivity (Wildman–Crippen MR) is 129 cm³/mol. The van der Waals surface area contributed by atoms with Crippen LogP contribution in [-0.2, 0) is 16.5 Å². The number of nitrogens with zero attached hydrogens (tertiary/aromatic N) is 1. The molecule has 0 bridgehead atoms. The highest BCUT2D eigenvalue weighted by Crippen LogP contribution is 2.25. The molecule has 0 spiro atoms. The van der Waals surface area contributed by atoms with E-state index < -0.39 is 10.1 Å². The molecule has 0 saturated heterocycles. The third kappa shape index (κ3) is 5.01. The summed E-state index contributed by atoms with van der Waals surface area (Å²) in [7, 11) is -3.94. The van der Waals surface area contributed by atoms with Crippen LogP contribution in [0.4, 0.5) is 0 Å². The van der Waals surface area contributed by atoms with Crippen LogP contribution in [0.15, 0.2) is 83.9 Å². The first kappa shape index (κ1) is 22.8. The average molecular weight is 462 g/mol. The normalized spacial score (nSPS) is 11.6. The first-order chi connectivity index (χ1) is 15.9. The Labute approximate surface area is 194 Å². The van der Waals surface area contributed by atoms with Crippen molar-refractivity contribution in [1.29, 1.82) is 0 Å². The van der Waals surface area contributed by atoms with Gasteiger partial charge in [0.25, 0.3) is 0 Å². The zero-order chi connectivity index (χ0) is 23.4. The van der Waals surface area contributed by atoms with Gasteiger partial charge in [-0.25, -0.2) is 0 Å². The van der Waals surface area contributed by atoms with E-state index in [0.29, 0.717) is 11.3 Å². The number of benzene rings is 2. The Hall–Kier alpha value is -3.38. The molecule has 0 radical (unpaired) electrons. The van der Waals surface area contributed by atoms with Gasteiger partial charge in [-0.05, 0) is 79.9 Å². The van der Waals surface area contributed by atoms with E-state index >= 15 is 0 Å². The van der Waals surface area contributed by atoms with Crippen molar-refractivity contribution < 1.29 is 17.4 Å². The van der Waals surface area contributed by atoms with Crippen molar-refractivity contribution in [2.75, 3.05) is 0 Å². The number of carbonyl (C=O) groups excluding carboxylic acids is 1. The lowest BCUT2D eigenvalue weighted by atomic mass is 10.0. The second-order valence-electron chi connectivity index (χ2n) is 8.17. The van der Waals surface area contributed by atoms with Crippen LogP contribution in [0.2, 0.25) is 0 Å². The van der Waals surface area contributed by atoms with Crippen molar-refractivity contribution in [3.63, 3.8) is 0 Å². The Balaban J connectivity index is 1.59. The Morgan fingerprint density at radius 1 is 0.939 bits per heavy atom. The lowest BCUT2D eigenvalue weighted by Crippen LogP contribution is -2.11. The first-order valence-electron chi connectivity index (χ1n) is 11.1. The fourth-order valence-corrected chi connectivity index (χ4v) is 4.80. The van der Waals surface area contributed by atoms with Crippen molar-refractivity contribution in [2.24, 2.45) is 0 Å². The van der Waals surface area contributed by atoms with Crippen molar-refractivity contribution >= 4 is 21.4 Å². The number of unbranched alkanes of at least 4 members (excludes halogenated alkanes) is 2. The van der Waals surface area contributed by atoms with Gasteiger partial charge >= 0.3 is 10.1 Å². The number of hydrogen-bond acceptors (Lipinski definition) is 4. The minimum atomic E-state index is -3.94. The van der Waals surface area contributed by atoms with E-state index in [0.717, 1.165) is 42.3 Å². The zero-order valence-corrected chi connectivity index (χ0v) is 19.6. The molecule has 0 aliphatic rings. The summed E-state index contributed by atoms with van der Waals surface area (Å²) in [5.41, 5.74) is 4.11. The second-order valence-corrected chi connectivity index (χ2v) is 9.72. The number of aromatic nitrogens is 1. The molecule has 0 aliphatic carbocycles. The van der Waals surface area contributed by atoms with Gasteiger partial charge in [0.2, 0.25) is 5.78 Å². The van der Waals surface area contributed by atoms with E-state index in [1.807, 2.05) is 35.7 Å². The average Bonchev–Trinajstić information content (AvgIpc) is 3.17. The monoisotopic (exact) mass is 461 g/mol. The largest absolute Gasteiger partial charge is 0.379 e. The highest BCUT2D eigenvalue weighted by Gasteiger charge is 2.20. The number of hydrogen-bond donors (Lipinski definition) is 0. The molecule has 0 saturated carbocycles. The maximum absolute atomic E-state index is 13.4. The lowest BCUT2D eigenvalue weighted by Gasteiger charge is -2.09. The smallest absolute Gasteiger partial charge is 0.339 e. The number of ketones is 1. The molecule has 5 nitrogen and oxygen atoms in total. The quantitative estimate of drug-likeness (QED) is 0.175. The molecule has 33 heavy (non-hydrogen) atoms. The summed E-state index contributed by atoms with van der Waals surface area (Å²) in [4.78, 5) is 13.5. The van der Waals surface area contributed by atoms with Crippen LogP contribution >= 0.6 is 0 Å². The number of fused-ring (bicyclic) bond motifs is 1. The van der Waals surface area contributed by atoms with E-state index in [4.69, 9.17) is 4.18 Å². The van der Waals surface area contributed by atoms with Crippen molar-refractivity contribution in [3.05, 3.63) is 101 Å². The van der Waals surface area contributed by atoms with Gasteiger partial charge in [0, 0.05) is 17.3 Å². The molecule has 6 heteroatoms. The summed E-state index contributed by atoms with van der Waals surface area (Å²) in [6, 6.07) is 20.7. The molecule has 0 unspecified atom stereocenters. The van der Waals surface area contributed by atoms with Crippen LogP contribution in [0, 0.1) is 6.92 Å². The number of rotatable bonds is 9. The Morgan fingerprint density at radius 3 is 2.36 bits per heavy atom. The van der Waals surface area contributed by atoms with E-state index in [2.05, 4.69) is 13.0 Å². The van der Waals surface area contributed by atoms with Gasteiger partial charge in [0.15, 0.2) is 0 Å². The molecule has 2 aromatic carbocycles. The van der Waals surface area contributed by atoms with Crippen molar-refractivity contribution in [3.8, 4) is 5.75 Å². The molecule has 0 fully saturated rings.